The van der Waals surface area contributed by atoms with E-state index in [4.69, 9.17) is 5.73 Å². The topological polar surface area (TPSA) is 46.3 Å². The molecule has 2 atom stereocenters. The van der Waals surface area contributed by atoms with Crippen LogP contribution in [-0.2, 0) is 16.6 Å². The van der Waals surface area contributed by atoms with E-state index in [-0.39, 0.29) is 11.9 Å². The van der Waals surface area contributed by atoms with Crippen LogP contribution in [0, 0.1) is 5.92 Å². The summed E-state index contributed by atoms with van der Waals surface area (Å²) in [6.07, 6.45) is 4.79. The van der Waals surface area contributed by atoms with Crippen molar-refractivity contribution in [3.05, 3.63) is 35.4 Å². The van der Waals surface area contributed by atoms with Gasteiger partial charge in [-0.1, -0.05) is 44.5 Å². The van der Waals surface area contributed by atoms with Crippen LogP contribution >= 0.6 is 0 Å². The Kier molecular flexibility index (Phi) is 5.85. The molecule has 1 amide bonds. The van der Waals surface area contributed by atoms with E-state index >= 15 is 0 Å². The van der Waals surface area contributed by atoms with Gasteiger partial charge >= 0.3 is 0 Å². The highest BCUT2D eigenvalue weighted by Gasteiger charge is 2.42. The van der Waals surface area contributed by atoms with Gasteiger partial charge in [0.1, 0.15) is 0 Å². The lowest BCUT2D eigenvalue weighted by Crippen LogP contribution is -2.55. The first-order valence-electron chi connectivity index (χ1n) is 8.99. The minimum Gasteiger partial charge on any atom is -0.369 e. The lowest BCUT2D eigenvalue weighted by molar-refractivity contribution is -0.125. The molecule has 0 spiro atoms. The summed E-state index contributed by atoms with van der Waals surface area (Å²) in [5.41, 5.74) is 7.58. The van der Waals surface area contributed by atoms with Gasteiger partial charge in [-0.3, -0.25) is 9.69 Å². The van der Waals surface area contributed by atoms with E-state index in [9.17, 15) is 4.79 Å². The molecule has 1 aliphatic rings. The van der Waals surface area contributed by atoms with Crippen LogP contribution in [0.15, 0.2) is 24.3 Å². The molecule has 2 rings (SSSR count). The molecule has 0 aromatic heterocycles. The minimum atomic E-state index is -0.645. The van der Waals surface area contributed by atoms with Crippen molar-refractivity contribution in [1.29, 1.82) is 0 Å². The zero-order chi connectivity index (χ0) is 17.0. The van der Waals surface area contributed by atoms with Crippen molar-refractivity contribution < 1.29 is 4.79 Å². The molecular formula is C20H32N2O. The summed E-state index contributed by atoms with van der Waals surface area (Å²) < 4.78 is 0. The highest BCUT2D eigenvalue weighted by atomic mass is 16.1. The SMILES string of the molecule is CC(C)Cc1ccc([C@](C)(C(N)=O)C(C)N2CCCCC2)cc1. The molecule has 0 bridgehead atoms. The van der Waals surface area contributed by atoms with Gasteiger partial charge in [0.2, 0.25) is 5.91 Å². The maximum Gasteiger partial charge on any atom is 0.229 e. The van der Waals surface area contributed by atoms with Gasteiger partial charge in [0.05, 0.1) is 5.41 Å². The third kappa shape index (κ3) is 3.95. The first-order chi connectivity index (χ1) is 10.9. The summed E-state index contributed by atoms with van der Waals surface area (Å²) in [4.78, 5) is 14.8. The number of hydrogen-bond donors (Lipinski definition) is 1. The predicted octanol–water partition coefficient (Wildman–Crippen LogP) is 3.50. The molecule has 0 radical (unpaired) electrons. The third-order valence-electron chi connectivity index (χ3n) is 5.48. The number of piperidine rings is 1. The molecule has 1 aromatic rings. The first-order valence-corrected chi connectivity index (χ1v) is 8.99. The summed E-state index contributed by atoms with van der Waals surface area (Å²) >= 11 is 0. The van der Waals surface area contributed by atoms with Crippen molar-refractivity contribution >= 4 is 5.91 Å². The van der Waals surface area contributed by atoms with Crippen LogP contribution in [0.25, 0.3) is 0 Å². The Morgan fingerprint density at radius 1 is 1.13 bits per heavy atom. The second-order valence-electron chi connectivity index (χ2n) is 7.63. The van der Waals surface area contributed by atoms with Crippen molar-refractivity contribution in [2.45, 2.75) is 64.8 Å². The van der Waals surface area contributed by atoms with Crippen molar-refractivity contribution in [2.24, 2.45) is 11.7 Å². The monoisotopic (exact) mass is 316 g/mol. The van der Waals surface area contributed by atoms with E-state index in [0.29, 0.717) is 5.92 Å². The predicted molar refractivity (Wildman–Crippen MR) is 96.4 cm³/mol. The van der Waals surface area contributed by atoms with E-state index in [0.717, 1.165) is 25.1 Å². The molecule has 128 valence electrons. The molecule has 0 aliphatic carbocycles. The van der Waals surface area contributed by atoms with Gasteiger partial charge in [-0.2, -0.15) is 0 Å². The van der Waals surface area contributed by atoms with Crippen LogP contribution < -0.4 is 5.73 Å². The van der Waals surface area contributed by atoms with Crippen LogP contribution in [0.5, 0.6) is 0 Å². The van der Waals surface area contributed by atoms with Crippen molar-refractivity contribution in [3.8, 4) is 0 Å². The number of rotatable bonds is 6. The second-order valence-corrected chi connectivity index (χ2v) is 7.63. The minimum absolute atomic E-state index is 0.122. The van der Waals surface area contributed by atoms with Gasteiger partial charge in [-0.05, 0) is 63.2 Å². The summed E-state index contributed by atoms with van der Waals surface area (Å²) in [5, 5.41) is 0. The van der Waals surface area contributed by atoms with E-state index in [1.807, 2.05) is 6.92 Å². The summed E-state index contributed by atoms with van der Waals surface area (Å²) in [7, 11) is 0. The number of likely N-dealkylation sites (tertiary alicyclic amines) is 1. The van der Waals surface area contributed by atoms with Crippen molar-refractivity contribution in [3.63, 3.8) is 0 Å². The van der Waals surface area contributed by atoms with Crippen molar-refractivity contribution in [1.82, 2.24) is 4.90 Å². The molecule has 1 heterocycles. The maximum absolute atomic E-state index is 12.4. The number of nitrogens with two attached hydrogens (primary N) is 1. The van der Waals surface area contributed by atoms with Crippen molar-refractivity contribution in [2.75, 3.05) is 13.1 Å². The van der Waals surface area contributed by atoms with Gasteiger partial charge in [0.15, 0.2) is 0 Å². The molecule has 3 nitrogen and oxygen atoms in total. The van der Waals surface area contributed by atoms with Crippen LogP contribution in [0.1, 0.15) is 58.1 Å². The molecule has 1 saturated heterocycles. The molecule has 2 N–H and O–H groups in total. The summed E-state index contributed by atoms with van der Waals surface area (Å²) in [5.74, 6) is 0.405. The molecule has 3 heteroatoms. The maximum atomic E-state index is 12.4. The Morgan fingerprint density at radius 3 is 2.17 bits per heavy atom. The van der Waals surface area contributed by atoms with E-state index in [2.05, 4.69) is 49.9 Å². The fourth-order valence-electron chi connectivity index (χ4n) is 3.72. The number of nitrogens with zero attached hydrogens (tertiary/aromatic N) is 1. The van der Waals surface area contributed by atoms with Gasteiger partial charge < -0.3 is 5.73 Å². The Bertz CT molecular complexity index is 517. The average Bonchev–Trinajstić information content (AvgIpc) is 2.54. The molecule has 0 saturated carbocycles. The average molecular weight is 316 g/mol. The Hall–Kier alpha value is -1.35. The van der Waals surface area contributed by atoms with Gasteiger partial charge in [0.25, 0.3) is 0 Å². The zero-order valence-electron chi connectivity index (χ0n) is 15.1. The quantitative estimate of drug-likeness (QED) is 0.873. The molecule has 1 aliphatic heterocycles. The smallest absolute Gasteiger partial charge is 0.229 e. The molecule has 1 aromatic carbocycles. The van der Waals surface area contributed by atoms with Crippen LogP contribution in [0.3, 0.4) is 0 Å². The Balaban J connectivity index is 2.26. The fourth-order valence-corrected chi connectivity index (χ4v) is 3.72. The largest absolute Gasteiger partial charge is 0.369 e. The molecule has 23 heavy (non-hydrogen) atoms. The number of benzene rings is 1. The van der Waals surface area contributed by atoms with Gasteiger partial charge in [0, 0.05) is 6.04 Å². The fraction of sp³-hybridized carbons (Fsp3) is 0.650. The van der Waals surface area contributed by atoms with E-state index in [1.54, 1.807) is 0 Å². The number of carbonyl (C=O) groups is 1. The van der Waals surface area contributed by atoms with Gasteiger partial charge in [-0.25, -0.2) is 0 Å². The van der Waals surface area contributed by atoms with Crippen LogP contribution in [0.4, 0.5) is 0 Å². The lowest BCUT2D eigenvalue weighted by atomic mass is 9.74. The van der Waals surface area contributed by atoms with E-state index < -0.39 is 5.41 Å². The summed E-state index contributed by atoms with van der Waals surface area (Å²) in [6.45, 7) is 10.7. The molecular weight excluding hydrogens is 284 g/mol. The number of hydrogen-bond acceptors (Lipinski definition) is 2. The number of carbonyl (C=O) groups excluding carboxylic acids is 1. The van der Waals surface area contributed by atoms with E-state index in [1.165, 1.54) is 24.8 Å². The number of primary amides is 1. The zero-order valence-corrected chi connectivity index (χ0v) is 15.1. The second kappa shape index (κ2) is 7.48. The highest BCUT2D eigenvalue weighted by Crippen LogP contribution is 2.32. The lowest BCUT2D eigenvalue weighted by Gasteiger charge is -2.42. The van der Waals surface area contributed by atoms with Crippen LogP contribution in [0.2, 0.25) is 0 Å². The normalized spacial score (nSPS) is 20.2. The van der Waals surface area contributed by atoms with Gasteiger partial charge in [-0.15, -0.1) is 0 Å². The molecule has 1 unspecified atom stereocenters. The third-order valence-corrected chi connectivity index (χ3v) is 5.48. The molecule has 1 fully saturated rings. The Morgan fingerprint density at radius 2 is 1.70 bits per heavy atom. The Labute approximate surface area is 141 Å². The standard InChI is InChI=1S/C20H32N2O/c1-15(2)14-17-8-10-18(11-9-17)20(4,19(21)23)16(3)22-12-6-5-7-13-22/h8-11,15-16H,5-7,12-14H2,1-4H3,(H2,21,23)/t16?,20-/m1/s1. The highest BCUT2D eigenvalue weighted by molar-refractivity contribution is 5.87. The number of amides is 1. The first kappa shape index (κ1) is 18.0. The summed E-state index contributed by atoms with van der Waals surface area (Å²) in [6, 6.07) is 8.63. The van der Waals surface area contributed by atoms with Crippen LogP contribution in [-0.4, -0.2) is 29.9 Å².